The molecule has 1 aromatic heterocycles. The number of morpholine rings is 1. The van der Waals surface area contributed by atoms with E-state index in [2.05, 4.69) is 25.5 Å². The molecule has 3 aromatic rings. The molecule has 0 saturated carbocycles. The Morgan fingerprint density at radius 1 is 1.08 bits per heavy atom. The van der Waals surface area contributed by atoms with Gasteiger partial charge in [0.15, 0.2) is 15.7 Å². The van der Waals surface area contributed by atoms with Crippen LogP contribution in [0.25, 0.3) is 0 Å². The molecule has 36 heavy (non-hydrogen) atoms. The fourth-order valence-corrected chi connectivity index (χ4v) is 5.06. The van der Waals surface area contributed by atoms with E-state index < -0.39 is 15.1 Å². The highest BCUT2D eigenvalue weighted by Gasteiger charge is 2.23. The average Bonchev–Trinajstić information content (AvgIpc) is 2.88. The first-order valence-corrected chi connectivity index (χ1v) is 13.3. The Morgan fingerprint density at radius 2 is 1.81 bits per heavy atom. The van der Waals surface area contributed by atoms with Crippen LogP contribution in [-0.4, -0.2) is 57.0 Å². The SMILES string of the molecule is COc1cc(N2CCOCC2)ccc1Nc1nc(N)c(Cl)c(Nc2ccccc2S(=O)(=O)C(C)C)n1. The van der Waals surface area contributed by atoms with Gasteiger partial charge in [-0.2, -0.15) is 9.97 Å². The minimum atomic E-state index is -3.56. The van der Waals surface area contributed by atoms with E-state index in [1.165, 1.54) is 6.07 Å². The van der Waals surface area contributed by atoms with Crippen molar-refractivity contribution in [3.05, 3.63) is 47.5 Å². The Labute approximate surface area is 215 Å². The minimum absolute atomic E-state index is 0.0322. The van der Waals surface area contributed by atoms with Crippen LogP contribution in [0.15, 0.2) is 47.4 Å². The van der Waals surface area contributed by atoms with Gasteiger partial charge >= 0.3 is 0 Å². The average molecular weight is 533 g/mol. The van der Waals surface area contributed by atoms with E-state index in [-0.39, 0.29) is 27.5 Å². The summed E-state index contributed by atoms with van der Waals surface area (Å²) in [5, 5.41) is 5.62. The minimum Gasteiger partial charge on any atom is -0.494 e. The molecule has 0 bridgehead atoms. The number of sulfone groups is 1. The summed E-state index contributed by atoms with van der Waals surface area (Å²) < 4.78 is 36.7. The van der Waals surface area contributed by atoms with Gasteiger partial charge in [0.1, 0.15) is 16.6 Å². The molecule has 0 spiro atoms. The van der Waals surface area contributed by atoms with Crippen molar-refractivity contribution < 1.29 is 17.9 Å². The van der Waals surface area contributed by atoms with Crippen LogP contribution in [0.4, 0.5) is 34.6 Å². The molecular weight excluding hydrogens is 504 g/mol. The highest BCUT2D eigenvalue weighted by Crippen LogP contribution is 2.35. The normalized spacial score (nSPS) is 14.1. The lowest BCUT2D eigenvalue weighted by Gasteiger charge is -2.29. The number of methoxy groups -OCH3 is 1. The van der Waals surface area contributed by atoms with Gasteiger partial charge in [-0.05, 0) is 38.1 Å². The van der Waals surface area contributed by atoms with Crippen molar-refractivity contribution in [2.24, 2.45) is 0 Å². The van der Waals surface area contributed by atoms with Crippen LogP contribution in [-0.2, 0) is 14.6 Å². The number of halogens is 1. The Morgan fingerprint density at radius 3 is 2.50 bits per heavy atom. The molecule has 12 heteroatoms. The maximum Gasteiger partial charge on any atom is 0.231 e. The fourth-order valence-electron chi connectivity index (χ4n) is 3.72. The largest absolute Gasteiger partial charge is 0.494 e. The molecule has 2 heterocycles. The molecular formula is C24H29ClN6O4S. The molecule has 1 saturated heterocycles. The summed E-state index contributed by atoms with van der Waals surface area (Å²) in [6, 6.07) is 12.3. The number of aromatic nitrogens is 2. The van der Waals surface area contributed by atoms with Crippen molar-refractivity contribution in [3.8, 4) is 5.75 Å². The number of rotatable bonds is 8. The van der Waals surface area contributed by atoms with Crippen LogP contribution in [0.5, 0.6) is 5.75 Å². The zero-order valence-electron chi connectivity index (χ0n) is 20.3. The fraction of sp³-hybridized carbons (Fsp3) is 0.333. The van der Waals surface area contributed by atoms with Crippen molar-refractivity contribution in [1.29, 1.82) is 0 Å². The number of anilines is 6. The summed E-state index contributed by atoms with van der Waals surface area (Å²) in [6.07, 6.45) is 0. The van der Waals surface area contributed by atoms with Gasteiger partial charge in [0.2, 0.25) is 5.95 Å². The number of nitrogens with one attached hydrogen (secondary N) is 2. The van der Waals surface area contributed by atoms with E-state index in [1.807, 2.05) is 18.2 Å². The van der Waals surface area contributed by atoms with Gasteiger partial charge in [-0.1, -0.05) is 23.7 Å². The predicted octanol–water partition coefficient (Wildman–Crippen LogP) is 4.23. The second-order valence-electron chi connectivity index (χ2n) is 8.42. The second-order valence-corrected chi connectivity index (χ2v) is 11.3. The Hall–Kier alpha value is -3.28. The highest BCUT2D eigenvalue weighted by atomic mass is 35.5. The van der Waals surface area contributed by atoms with Crippen LogP contribution in [0, 0.1) is 0 Å². The maximum absolute atomic E-state index is 12.8. The molecule has 1 aliphatic rings. The number of hydrogen-bond acceptors (Lipinski definition) is 10. The predicted molar refractivity (Wildman–Crippen MR) is 143 cm³/mol. The lowest BCUT2D eigenvalue weighted by molar-refractivity contribution is 0.122. The smallest absolute Gasteiger partial charge is 0.231 e. The summed E-state index contributed by atoms with van der Waals surface area (Å²) >= 11 is 6.38. The number of benzene rings is 2. The molecule has 1 aliphatic heterocycles. The van der Waals surface area contributed by atoms with Gasteiger partial charge in [-0.25, -0.2) is 8.42 Å². The third-order valence-corrected chi connectivity index (χ3v) is 8.33. The van der Waals surface area contributed by atoms with Crippen LogP contribution < -0.4 is 26.0 Å². The van der Waals surface area contributed by atoms with Gasteiger partial charge in [0, 0.05) is 24.8 Å². The lowest BCUT2D eigenvalue weighted by Crippen LogP contribution is -2.36. The number of para-hydroxylation sites is 1. The maximum atomic E-state index is 12.8. The molecule has 192 valence electrons. The van der Waals surface area contributed by atoms with Crippen molar-refractivity contribution in [1.82, 2.24) is 9.97 Å². The zero-order valence-corrected chi connectivity index (χ0v) is 21.9. The monoisotopic (exact) mass is 532 g/mol. The van der Waals surface area contributed by atoms with E-state index in [9.17, 15) is 8.42 Å². The molecule has 0 unspecified atom stereocenters. The molecule has 1 fully saturated rings. The quantitative estimate of drug-likeness (QED) is 0.387. The van der Waals surface area contributed by atoms with Crippen LogP contribution in [0.3, 0.4) is 0 Å². The van der Waals surface area contributed by atoms with Crippen LogP contribution in [0.2, 0.25) is 5.02 Å². The summed E-state index contributed by atoms with van der Waals surface area (Å²) in [6.45, 7) is 6.21. The first-order valence-electron chi connectivity index (χ1n) is 11.4. The summed E-state index contributed by atoms with van der Waals surface area (Å²) in [5.74, 6) is 0.965. The summed E-state index contributed by atoms with van der Waals surface area (Å²) in [5.41, 5.74) is 8.05. The van der Waals surface area contributed by atoms with Gasteiger partial charge in [-0.3, -0.25) is 0 Å². The topological polar surface area (TPSA) is 132 Å². The molecule has 0 radical (unpaired) electrons. The highest BCUT2D eigenvalue weighted by molar-refractivity contribution is 7.92. The van der Waals surface area contributed by atoms with Gasteiger partial charge in [0.25, 0.3) is 0 Å². The molecule has 4 N–H and O–H groups in total. The number of nitrogen functional groups attached to an aromatic ring is 1. The first-order chi connectivity index (χ1) is 17.2. The zero-order chi connectivity index (χ0) is 25.9. The Bertz CT molecular complexity index is 1350. The lowest BCUT2D eigenvalue weighted by atomic mass is 10.2. The van der Waals surface area contributed by atoms with E-state index >= 15 is 0 Å². The third-order valence-electron chi connectivity index (χ3n) is 5.75. The number of nitrogens with zero attached hydrogens (tertiary/aromatic N) is 3. The standard InChI is InChI=1S/C24H29ClN6O4S/c1-15(2)36(32,33)20-7-5-4-6-18(20)27-23-21(25)22(26)29-24(30-23)28-17-9-8-16(14-19(17)34-3)31-10-12-35-13-11-31/h4-9,14-15H,10-13H2,1-3H3,(H4,26,27,28,29,30). The van der Waals surface area contributed by atoms with E-state index in [0.717, 1.165) is 18.8 Å². The molecule has 0 aliphatic carbocycles. The number of hydrogen-bond donors (Lipinski definition) is 3. The second kappa shape index (κ2) is 10.8. The third kappa shape index (κ3) is 5.43. The van der Waals surface area contributed by atoms with Crippen LogP contribution >= 0.6 is 11.6 Å². The van der Waals surface area contributed by atoms with Gasteiger partial charge in [-0.15, -0.1) is 0 Å². The molecule has 0 amide bonds. The Balaban J connectivity index is 1.64. The van der Waals surface area contributed by atoms with E-state index in [0.29, 0.717) is 30.3 Å². The number of nitrogens with two attached hydrogens (primary N) is 1. The van der Waals surface area contributed by atoms with Crippen molar-refractivity contribution in [2.75, 3.05) is 54.7 Å². The van der Waals surface area contributed by atoms with Crippen molar-refractivity contribution in [3.63, 3.8) is 0 Å². The van der Waals surface area contributed by atoms with E-state index in [1.54, 1.807) is 39.2 Å². The molecule has 4 rings (SSSR count). The van der Waals surface area contributed by atoms with Crippen molar-refractivity contribution >= 4 is 56.1 Å². The van der Waals surface area contributed by atoms with Gasteiger partial charge in [0.05, 0.1) is 41.8 Å². The van der Waals surface area contributed by atoms with E-state index in [4.69, 9.17) is 26.8 Å². The van der Waals surface area contributed by atoms with Crippen LogP contribution in [0.1, 0.15) is 13.8 Å². The Kier molecular flexibility index (Phi) is 7.72. The molecule has 2 aromatic carbocycles. The summed E-state index contributed by atoms with van der Waals surface area (Å²) in [7, 11) is -1.97. The van der Waals surface area contributed by atoms with Crippen molar-refractivity contribution in [2.45, 2.75) is 24.0 Å². The first kappa shape index (κ1) is 25.8. The molecule has 0 atom stereocenters. The number of ether oxygens (including phenoxy) is 2. The summed E-state index contributed by atoms with van der Waals surface area (Å²) in [4.78, 5) is 11.1. The van der Waals surface area contributed by atoms with Gasteiger partial charge < -0.3 is 30.7 Å². The molecule has 10 nitrogen and oxygen atoms in total.